The number of nitriles is 2. The summed E-state index contributed by atoms with van der Waals surface area (Å²) in [6, 6.07) is 1.45. The molecule has 0 rings (SSSR count). The third kappa shape index (κ3) is 7.85. The Morgan fingerprint density at radius 3 is 1.50 bits per heavy atom. The fourth-order valence-electron chi connectivity index (χ4n) is 0.225. The molecule has 0 bridgehead atoms. The van der Waals surface area contributed by atoms with Crippen molar-refractivity contribution in [3.8, 4) is 12.1 Å². The van der Waals surface area contributed by atoms with Gasteiger partial charge in [-0.2, -0.15) is 19.3 Å². The van der Waals surface area contributed by atoms with Crippen molar-refractivity contribution in [3.05, 3.63) is 0 Å². The van der Waals surface area contributed by atoms with Gasteiger partial charge in [0.15, 0.2) is 6.17 Å². The van der Waals surface area contributed by atoms with Crippen LogP contribution in [0.3, 0.4) is 0 Å². The average molecular weight is 250 g/mol. The van der Waals surface area contributed by atoms with Crippen molar-refractivity contribution in [1.29, 1.82) is 10.5 Å². The molecule has 0 fully saturated rings. The van der Waals surface area contributed by atoms with Gasteiger partial charge >= 0.3 is 12.3 Å². The molecule has 1 unspecified atom stereocenters. The third-order valence-electron chi connectivity index (χ3n) is 0.983. The lowest BCUT2D eigenvalue weighted by atomic mass is 10.3. The van der Waals surface area contributed by atoms with Gasteiger partial charge in [0.1, 0.15) is 6.07 Å². The Morgan fingerprint density at radius 2 is 1.44 bits per heavy atom. The van der Waals surface area contributed by atoms with Crippen molar-refractivity contribution in [1.82, 2.24) is 0 Å². The fraction of sp³-hybridized carbons (Fsp3) is 0.714. The lowest BCUT2D eigenvalue weighted by Crippen LogP contribution is -2.23. The molecule has 0 heterocycles. The van der Waals surface area contributed by atoms with Crippen molar-refractivity contribution >= 4 is 0 Å². The van der Waals surface area contributed by atoms with Gasteiger partial charge in [0.25, 0.3) is 6.43 Å². The quantitative estimate of drug-likeness (QED) is 0.723. The van der Waals surface area contributed by atoms with E-state index < -0.39 is 31.4 Å². The highest BCUT2D eigenvalue weighted by Crippen LogP contribution is 2.20. The summed E-state index contributed by atoms with van der Waals surface area (Å²) in [5.41, 5.74) is 0. The van der Waals surface area contributed by atoms with Gasteiger partial charge in [0.2, 0.25) is 0 Å². The van der Waals surface area contributed by atoms with Crippen LogP contribution in [0.1, 0.15) is 6.42 Å². The summed E-state index contributed by atoms with van der Waals surface area (Å²) in [6.45, 7) is 0. The molecule has 0 aromatic carbocycles. The second-order valence-electron chi connectivity index (χ2n) is 2.25. The Morgan fingerprint density at radius 1 is 1.00 bits per heavy atom. The van der Waals surface area contributed by atoms with E-state index in [2.05, 4.69) is 0 Å². The molecule has 0 saturated heterocycles. The number of rotatable bonds is 3. The number of halogens is 7. The van der Waals surface area contributed by atoms with Gasteiger partial charge in [-0.05, 0) is 0 Å². The highest BCUT2D eigenvalue weighted by molar-refractivity contribution is 4.93. The summed E-state index contributed by atoms with van der Waals surface area (Å²) >= 11 is 0. The van der Waals surface area contributed by atoms with E-state index in [1.54, 1.807) is 0 Å². The third-order valence-corrected chi connectivity index (χ3v) is 0.983. The predicted octanol–water partition coefficient (Wildman–Crippen LogP) is 2.91. The van der Waals surface area contributed by atoms with Crippen LogP contribution in [0.25, 0.3) is 0 Å². The van der Waals surface area contributed by atoms with E-state index in [-0.39, 0.29) is 6.07 Å². The van der Waals surface area contributed by atoms with Gasteiger partial charge in [0, 0.05) is 0 Å². The Labute approximate surface area is 85.9 Å². The lowest BCUT2D eigenvalue weighted by Gasteiger charge is -2.02. The standard InChI is InChI=1S/C4H4F3N.C3HF4N/c5-3(1-2-8)4(6)7;4-2(5)3(6,7)1-8/h3-4H,1H2;2H. The maximum Gasteiger partial charge on any atom is 0.391 e. The van der Waals surface area contributed by atoms with Crippen molar-refractivity contribution in [2.24, 2.45) is 0 Å². The van der Waals surface area contributed by atoms with E-state index in [0.717, 1.165) is 0 Å². The molecular weight excluding hydrogens is 245 g/mol. The Hall–Kier alpha value is -1.51. The number of nitrogens with zero attached hydrogens (tertiary/aromatic N) is 2. The van der Waals surface area contributed by atoms with E-state index in [1.807, 2.05) is 0 Å². The smallest absolute Gasteiger partial charge is 0.240 e. The monoisotopic (exact) mass is 250 g/mol. The molecule has 1 atom stereocenters. The Balaban J connectivity index is 0. The summed E-state index contributed by atoms with van der Waals surface area (Å²) in [5, 5.41) is 14.9. The first-order valence-corrected chi connectivity index (χ1v) is 3.55. The van der Waals surface area contributed by atoms with Crippen LogP contribution in [-0.4, -0.2) is 24.9 Å². The lowest BCUT2D eigenvalue weighted by molar-refractivity contribution is -0.0845. The molecular formula is C7H5F7N2. The minimum Gasteiger partial charge on any atom is -0.240 e. The van der Waals surface area contributed by atoms with E-state index >= 15 is 0 Å². The first kappa shape index (κ1) is 16.9. The topological polar surface area (TPSA) is 47.6 Å². The summed E-state index contributed by atoms with van der Waals surface area (Å²) in [4.78, 5) is 0. The zero-order chi connectivity index (χ0) is 13.4. The van der Waals surface area contributed by atoms with E-state index in [0.29, 0.717) is 0 Å². The second kappa shape index (κ2) is 7.74. The zero-order valence-electron chi connectivity index (χ0n) is 7.48. The van der Waals surface area contributed by atoms with Crippen LogP contribution in [-0.2, 0) is 0 Å². The normalized spacial score (nSPS) is 12.4. The molecule has 0 radical (unpaired) electrons. The number of hydrogen-bond donors (Lipinski definition) is 0. The molecule has 2 nitrogen and oxygen atoms in total. The first-order chi connectivity index (χ1) is 7.18. The maximum atomic E-state index is 11.6. The van der Waals surface area contributed by atoms with Crippen LogP contribution in [0, 0.1) is 22.7 Å². The second-order valence-corrected chi connectivity index (χ2v) is 2.25. The molecule has 0 N–H and O–H groups in total. The van der Waals surface area contributed by atoms with E-state index in [1.165, 1.54) is 6.07 Å². The summed E-state index contributed by atoms with van der Waals surface area (Å²) in [7, 11) is 0. The summed E-state index contributed by atoms with van der Waals surface area (Å²) in [5.74, 6) is -4.49. The van der Waals surface area contributed by atoms with Gasteiger partial charge < -0.3 is 0 Å². The number of hydrogen-bond acceptors (Lipinski definition) is 2. The highest BCUT2D eigenvalue weighted by Gasteiger charge is 2.40. The zero-order valence-corrected chi connectivity index (χ0v) is 7.48. The van der Waals surface area contributed by atoms with Crippen molar-refractivity contribution in [3.63, 3.8) is 0 Å². The van der Waals surface area contributed by atoms with Crippen LogP contribution in [0.2, 0.25) is 0 Å². The molecule has 0 aliphatic rings. The largest absolute Gasteiger partial charge is 0.391 e. The summed E-state index contributed by atoms with van der Waals surface area (Å²) < 4.78 is 77.7. The molecule has 0 aliphatic heterocycles. The first-order valence-electron chi connectivity index (χ1n) is 3.55. The van der Waals surface area contributed by atoms with Crippen LogP contribution < -0.4 is 0 Å². The molecule has 0 aromatic heterocycles. The van der Waals surface area contributed by atoms with Crippen molar-refractivity contribution < 1.29 is 30.7 Å². The van der Waals surface area contributed by atoms with Gasteiger partial charge in [-0.15, -0.1) is 0 Å². The van der Waals surface area contributed by atoms with Gasteiger partial charge in [-0.1, -0.05) is 0 Å². The fourth-order valence-corrected chi connectivity index (χ4v) is 0.225. The SMILES string of the molecule is N#CC(F)(F)C(F)F.N#CCC(F)C(F)F. The molecule has 16 heavy (non-hydrogen) atoms. The maximum absolute atomic E-state index is 11.6. The van der Waals surface area contributed by atoms with Gasteiger partial charge in [-0.3, -0.25) is 0 Å². The molecule has 0 spiro atoms. The van der Waals surface area contributed by atoms with Crippen LogP contribution in [0.5, 0.6) is 0 Å². The van der Waals surface area contributed by atoms with Crippen LogP contribution in [0.15, 0.2) is 0 Å². The molecule has 0 amide bonds. The minimum absolute atomic E-state index is 0.157. The Kier molecular flexibility index (Phi) is 8.18. The van der Waals surface area contributed by atoms with E-state index in [9.17, 15) is 30.7 Å². The molecule has 0 aromatic rings. The number of alkyl halides is 7. The van der Waals surface area contributed by atoms with Gasteiger partial charge in [0.05, 0.1) is 12.5 Å². The van der Waals surface area contributed by atoms with Crippen LogP contribution >= 0.6 is 0 Å². The molecule has 92 valence electrons. The van der Waals surface area contributed by atoms with Crippen molar-refractivity contribution in [2.75, 3.05) is 0 Å². The van der Waals surface area contributed by atoms with Crippen molar-refractivity contribution in [2.45, 2.75) is 31.4 Å². The van der Waals surface area contributed by atoms with Gasteiger partial charge in [-0.25, -0.2) is 22.0 Å². The molecule has 9 heteroatoms. The average Bonchev–Trinajstić information content (AvgIpc) is 2.18. The highest BCUT2D eigenvalue weighted by atomic mass is 19.3. The Bertz CT molecular complexity index is 265. The van der Waals surface area contributed by atoms with Crippen LogP contribution in [0.4, 0.5) is 30.7 Å². The molecule has 0 saturated carbocycles. The molecule has 0 aliphatic carbocycles. The summed E-state index contributed by atoms with van der Waals surface area (Å²) in [6.07, 6.45) is -9.90. The minimum atomic E-state index is -4.49. The predicted molar refractivity (Wildman–Crippen MR) is 37.7 cm³/mol. The van der Waals surface area contributed by atoms with E-state index in [4.69, 9.17) is 10.5 Å².